The number of carbonyl (C=O) groups is 2. The number of esters is 1. The molecule has 0 radical (unpaired) electrons. The Hall–Kier alpha value is -3.08. The molecule has 1 heterocycles. The van der Waals surface area contributed by atoms with Gasteiger partial charge in [0.25, 0.3) is 0 Å². The van der Waals surface area contributed by atoms with E-state index in [0.29, 0.717) is 11.1 Å². The van der Waals surface area contributed by atoms with Crippen LogP contribution in [0.2, 0.25) is 0 Å². The van der Waals surface area contributed by atoms with Crippen LogP contribution in [0.15, 0.2) is 48.6 Å². The molecule has 0 aromatic heterocycles. The third kappa shape index (κ3) is 2.70. The van der Waals surface area contributed by atoms with Crippen LogP contribution in [0, 0.1) is 12.8 Å². The summed E-state index contributed by atoms with van der Waals surface area (Å²) in [5.41, 5.74) is 4.52. The van der Waals surface area contributed by atoms with Crippen molar-refractivity contribution in [2.24, 2.45) is 5.92 Å². The van der Waals surface area contributed by atoms with Crippen molar-refractivity contribution in [3.8, 4) is 0 Å². The van der Waals surface area contributed by atoms with Crippen LogP contribution < -0.4 is 5.32 Å². The number of aromatic carboxylic acids is 1. The average molecular weight is 363 g/mol. The van der Waals surface area contributed by atoms with E-state index >= 15 is 0 Å². The molecule has 5 heteroatoms. The number of nitrogens with one attached hydrogen (secondary N) is 1. The highest BCUT2D eigenvalue weighted by molar-refractivity contribution is 5.94. The Bertz CT molecular complexity index is 963. The molecule has 1 aliphatic heterocycles. The SMILES string of the molecule is COC(=O)c1ccc(C)c2c1[C@@H]1C=CC[C@H]1[C@@H](c1ccccc1C(=O)O)N2. The number of allylic oxidation sites excluding steroid dienone is 2. The van der Waals surface area contributed by atoms with Crippen molar-refractivity contribution in [1.82, 2.24) is 0 Å². The summed E-state index contributed by atoms with van der Waals surface area (Å²) in [6.07, 6.45) is 5.07. The molecule has 2 aromatic rings. The smallest absolute Gasteiger partial charge is 0.338 e. The highest BCUT2D eigenvalue weighted by Gasteiger charge is 2.41. The molecule has 0 bridgehead atoms. The molecule has 138 valence electrons. The third-order valence-corrected chi connectivity index (χ3v) is 5.66. The fourth-order valence-corrected chi connectivity index (χ4v) is 4.41. The Morgan fingerprint density at radius 1 is 1.15 bits per heavy atom. The summed E-state index contributed by atoms with van der Waals surface area (Å²) in [5, 5.41) is 13.2. The number of carboxylic acids is 1. The summed E-state index contributed by atoms with van der Waals surface area (Å²) in [6, 6.07) is 10.7. The number of benzene rings is 2. The topological polar surface area (TPSA) is 75.6 Å². The molecule has 1 aliphatic carbocycles. The molecule has 0 spiro atoms. The first-order valence-corrected chi connectivity index (χ1v) is 9.00. The molecule has 3 atom stereocenters. The summed E-state index contributed by atoms with van der Waals surface area (Å²) < 4.78 is 4.98. The number of carboxylic acid groups (broad SMARTS) is 1. The Balaban J connectivity index is 1.89. The second-order valence-electron chi connectivity index (χ2n) is 7.08. The van der Waals surface area contributed by atoms with E-state index in [1.54, 1.807) is 12.1 Å². The van der Waals surface area contributed by atoms with Crippen molar-refractivity contribution in [3.05, 3.63) is 76.4 Å². The van der Waals surface area contributed by atoms with Crippen LogP contribution in [0.3, 0.4) is 0 Å². The van der Waals surface area contributed by atoms with Crippen molar-refractivity contribution < 1.29 is 19.4 Å². The van der Waals surface area contributed by atoms with Gasteiger partial charge in [-0.05, 0) is 48.1 Å². The van der Waals surface area contributed by atoms with Crippen molar-refractivity contribution in [1.29, 1.82) is 0 Å². The summed E-state index contributed by atoms with van der Waals surface area (Å²) >= 11 is 0. The monoisotopic (exact) mass is 363 g/mol. The van der Waals surface area contributed by atoms with Gasteiger partial charge in [-0.1, -0.05) is 36.4 Å². The van der Waals surface area contributed by atoms with Gasteiger partial charge in [0.1, 0.15) is 0 Å². The largest absolute Gasteiger partial charge is 0.478 e. The average Bonchev–Trinajstić information content (AvgIpc) is 3.17. The normalized spacial score (nSPS) is 22.5. The molecule has 0 unspecified atom stereocenters. The van der Waals surface area contributed by atoms with Crippen molar-refractivity contribution in [2.75, 3.05) is 12.4 Å². The molecule has 2 N–H and O–H groups in total. The second kappa shape index (κ2) is 6.58. The fraction of sp³-hybridized carbons (Fsp3) is 0.273. The van der Waals surface area contributed by atoms with Gasteiger partial charge in [-0.15, -0.1) is 0 Å². The van der Waals surface area contributed by atoms with Gasteiger partial charge in [0.15, 0.2) is 0 Å². The number of hydrogen-bond donors (Lipinski definition) is 2. The molecular weight excluding hydrogens is 342 g/mol. The van der Waals surface area contributed by atoms with Gasteiger partial charge in [0.2, 0.25) is 0 Å². The number of rotatable bonds is 3. The van der Waals surface area contributed by atoms with Crippen LogP contribution >= 0.6 is 0 Å². The Kier molecular flexibility index (Phi) is 4.22. The zero-order valence-electron chi connectivity index (χ0n) is 15.2. The Morgan fingerprint density at radius 2 is 1.93 bits per heavy atom. The van der Waals surface area contributed by atoms with E-state index in [4.69, 9.17) is 4.74 Å². The first-order valence-electron chi connectivity index (χ1n) is 9.00. The van der Waals surface area contributed by atoms with Gasteiger partial charge in [-0.25, -0.2) is 9.59 Å². The van der Waals surface area contributed by atoms with E-state index in [-0.39, 0.29) is 23.8 Å². The van der Waals surface area contributed by atoms with Crippen LogP contribution in [0.25, 0.3) is 0 Å². The minimum atomic E-state index is -0.930. The first kappa shape index (κ1) is 17.3. The summed E-state index contributed by atoms with van der Waals surface area (Å²) in [5.74, 6) is -1.09. The predicted octanol–water partition coefficient (Wildman–Crippen LogP) is 4.31. The number of carbonyl (C=O) groups excluding carboxylic acids is 1. The molecule has 0 fully saturated rings. The third-order valence-electron chi connectivity index (χ3n) is 5.66. The van der Waals surface area contributed by atoms with E-state index < -0.39 is 5.97 Å². The standard InChI is InChI=1S/C22H21NO4/c1-12-10-11-17(22(26)27-2)18-13-8-5-9-14(13)20(23-19(12)18)15-6-3-4-7-16(15)21(24)25/h3-8,10-11,13-14,20,23H,9H2,1-2H3,(H,24,25)/t13-,14-,20+/m1/s1. The lowest BCUT2D eigenvalue weighted by atomic mass is 9.74. The zero-order valence-corrected chi connectivity index (χ0v) is 15.2. The number of ether oxygens (including phenoxy) is 1. The van der Waals surface area contributed by atoms with E-state index in [1.165, 1.54) is 7.11 Å². The van der Waals surface area contributed by atoms with Crippen molar-refractivity contribution >= 4 is 17.6 Å². The first-order chi connectivity index (χ1) is 13.0. The van der Waals surface area contributed by atoms with Crippen LogP contribution in [-0.4, -0.2) is 24.2 Å². The van der Waals surface area contributed by atoms with Crippen LogP contribution in [0.1, 0.15) is 55.8 Å². The van der Waals surface area contributed by atoms with Crippen molar-refractivity contribution in [3.63, 3.8) is 0 Å². The maximum atomic E-state index is 12.3. The fourth-order valence-electron chi connectivity index (χ4n) is 4.41. The maximum Gasteiger partial charge on any atom is 0.338 e. The van der Waals surface area contributed by atoms with Crippen LogP contribution in [-0.2, 0) is 4.74 Å². The van der Waals surface area contributed by atoms with E-state index in [0.717, 1.165) is 28.8 Å². The van der Waals surface area contributed by atoms with Gasteiger partial charge in [-0.2, -0.15) is 0 Å². The zero-order chi connectivity index (χ0) is 19.1. The number of hydrogen-bond acceptors (Lipinski definition) is 4. The summed E-state index contributed by atoms with van der Waals surface area (Å²) in [7, 11) is 1.39. The van der Waals surface area contributed by atoms with Gasteiger partial charge >= 0.3 is 11.9 Å². The van der Waals surface area contributed by atoms with E-state index in [9.17, 15) is 14.7 Å². The van der Waals surface area contributed by atoms with E-state index in [1.807, 2.05) is 31.2 Å². The van der Waals surface area contributed by atoms with Gasteiger partial charge in [0.05, 0.1) is 24.3 Å². The van der Waals surface area contributed by atoms with Gasteiger partial charge in [-0.3, -0.25) is 0 Å². The molecule has 5 nitrogen and oxygen atoms in total. The Labute approximate surface area is 157 Å². The van der Waals surface area contributed by atoms with E-state index in [2.05, 4.69) is 17.5 Å². The lowest BCUT2D eigenvalue weighted by molar-refractivity contribution is 0.0598. The molecule has 2 aliphatic rings. The molecule has 0 saturated carbocycles. The quantitative estimate of drug-likeness (QED) is 0.628. The van der Waals surface area contributed by atoms with Gasteiger partial charge < -0.3 is 15.2 Å². The molecular formula is C22H21NO4. The highest BCUT2D eigenvalue weighted by atomic mass is 16.5. The van der Waals surface area contributed by atoms with Crippen LogP contribution in [0.4, 0.5) is 5.69 Å². The molecule has 27 heavy (non-hydrogen) atoms. The minimum absolute atomic E-state index is 0.0436. The van der Waals surface area contributed by atoms with Crippen LogP contribution in [0.5, 0.6) is 0 Å². The Morgan fingerprint density at radius 3 is 2.67 bits per heavy atom. The number of aryl methyl sites for hydroxylation is 1. The number of methoxy groups -OCH3 is 1. The lowest BCUT2D eigenvalue weighted by Gasteiger charge is -2.39. The lowest BCUT2D eigenvalue weighted by Crippen LogP contribution is -2.32. The summed E-state index contributed by atoms with van der Waals surface area (Å²) in [4.78, 5) is 24.1. The maximum absolute atomic E-state index is 12.3. The molecule has 4 rings (SSSR count). The number of fused-ring (bicyclic) bond motifs is 3. The minimum Gasteiger partial charge on any atom is -0.478 e. The predicted molar refractivity (Wildman–Crippen MR) is 102 cm³/mol. The summed E-state index contributed by atoms with van der Waals surface area (Å²) in [6.45, 7) is 1.99. The second-order valence-corrected chi connectivity index (χ2v) is 7.08. The van der Waals surface area contributed by atoms with Gasteiger partial charge in [0, 0.05) is 11.6 Å². The van der Waals surface area contributed by atoms with Crippen molar-refractivity contribution in [2.45, 2.75) is 25.3 Å². The number of anilines is 1. The highest BCUT2D eigenvalue weighted by Crippen LogP contribution is 2.52. The molecule has 2 aromatic carbocycles. The molecule has 0 saturated heterocycles. The molecule has 0 amide bonds.